The Labute approximate surface area is 264 Å². The molecule has 14 atom stereocenters. The van der Waals surface area contributed by atoms with Gasteiger partial charge in [-0.25, -0.2) is 0 Å². The van der Waals surface area contributed by atoms with E-state index in [-0.39, 0.29) is 60.9 Å². The molecule has 1 aromatic rings. The first-order valence-electron chi connectivity index (χ1n) is 16.5. The number of carbonyl (C=O) groups excluding carboxylic acids is 1. The molecule has 4 aliphatic carbocycles. The molecule has 5 aliphatic rings. The highest BCUT2D eigenvalue weighted by molar-refractivity contribution is 5.96. The highest BCUT2D eigenvalue weighted by Gasteiger charge is 2.76. The molecule has 1 heterocycles. The normalized spacial score (nSPS) is 47.0. The molecule has 10 nitrogen and oxygen atoms in total. The highest BCUT2D eigenvalue weighted by atomic mass is 16.5. The van der Waals surface area contributed by atoms with E-state index in [1.54, 1.807) is 0 Å². The van der Waals surface area contributed by atoms with E-state index in [9.17, 15) is 45.6 Å². The van der Waals surface area contributed by atoms with E-state index in [0.29, 0.717) is 24.0 Å². The molecule has 1 aliphatic heterocycles. The third kappa shape index (κ3) is 4.43. The van der Waals surface area contributed by atoms with Crippen LogP contribution in [0.2, 0.25) is 0 Å². The maximum atomic E-state index is 14.2. The van der Waals surface area contributed by atoms with Gasteiger partial charge in [-0.1, -0.05) is 34.6 Å². The summed E-state index contributed by atoms with van der Waals surface area (Å²) in [4.78, 5) is 14.2. The summed E-state index contributed by atoms with van der Waals surface area (Å²) in [5.74, 6) is -3.49. The lowest BCUT2D eigenvalue weighted by Gasteiger charge is -2.62. The van der Waals surface area contributed by atoms with Gasteiger partial charge < -0.3 is 45.6 Å². The van der Waals surface area contributed by atoms with Gasteiger partial charge >= 0.3 is 0 Å². The Morgan fingerprint density at radius 3 is 2.27 bits per heavy atom. The Kier molecular flexibility index (Phi) is 7.84. The number of phenolic OH excluding ortho intramolecular Hbond substituents is 2. The van der Waals surface area contributed by atoms with E-state index in [2.05, 4.69) is 0 Å². The number of hydrogen-bond donors (Lipinski definition) is 8. The molecule has 0 radical (unpaired) electrons. The van der Waals surface area contributed by atoms with Crippen molar-refractivity contribution in [2.45, 2.75) is 114 Å². The Hall–Kier alpha value is -2.05. The molecule has 0 unspecified atom stereocenters. The van der Waals surface area contributed by atoms with Crippen molar-refractivity contribution in [3.8, 4) is 11.5 Å². The quantitative estimate of drug-likeness (QED) is 0.231. The number of carbonyl (C=O) groups is 1. The molecule has 0 aromatic heterocycles. The van der Waals surface area contributed by atoms with Gasteiger partial charge in [0.1, 0.15) is 23.2 Å². The maximum absolute atomic E-state index is 14.2. The van der Waals surface area contributed by atoms with E-state index in [0.717, 1.165) is 6.07 Å². The van der Waals surface area contributed by atoms with Crippen LogP contribution in [-0.2, 0) is 9.53 Å². The second kappa shape index (κ2) is 10.7. The van der Waals surface area contributed by atoms with Gasteiger partial charge in [0.25, 0.3) is 0 Å². The van der Waals surface area contributed by atoms with Crippen LogP contribution in [0.25, 0.3) is 0 Å². The van der Waals surface area contributed by atoms with Gasteiger partial charge in [-0.15, -0.1) is 0 Å². The SMILES string of the molecule is CC(C)[C@H](C)[C@H](O)[C@@H]1O[C@H]2C[C@@]3(O)C4=CC(=O)[C@@H]5[C@@H](c6cc(O)cc(O)c6)[C@@H](O)[C@@H](O)C[C@]5(C)[C@H]4CC[C@]3(C)[C@H]2[C@]1(O)CCO. The first kappa shape index (κ1) is 32.9. The molecule has 250 valence electrons. The fourth-order valence-corrected chi connectivity index (χ4v) is 10.8. The Bertz CT molecular complexity index is 1360. The van der Waals surface area contributed by atoms with Gasteiger partial charge in [-0.3, -0.25) is 4.79 Å². The van der Waals surface area contributed by atoms with Gasteiger partial charge in [0.2, 0.25) is 0 Å². The van der Waals surface area contributed by atoms with Crippen molar-refractivity contribution in [3.63, 3.8) is 0 Å². The molecule has 0 spiro atoms. The number of ketones is 1. The van der Waals surface area contributed by atoms with Crippen LogP contribution >= 0.6 is 0 Å². The largest absolute Gasteiger partial charge is 0.508 e. The second-order valence-corrected chi connectivity index (χ2v) is 15.8. The fourth-order valence-electron chi connectivity index (χ4n) is 10.8. The number of aliphatic hydroxyl groups excluding tert-OH is 4. The van der Waals surface area contributed by atoms with E-state index in [4.69, 9.17) is 4.74 Å². The van der Waals surface area contributed by atoms with Crippen molar-refractivity contribution in [2.75, 3.05) is 6.61 Å². The minimum absolute atomic E-state index is 0.0316. The number of hydrogen-bond acceptors (Lipinski definition) is 10. The molecule has 10 heteroatoms. The van der Waals surface area contributed by atoms with Crippen molar-refractivity contribution in [2.24, 2.45) is 40.4 Å². The Morgan fingerprint density at radius 2 is 1.67 bits per heavy atom. The zero-order valence-electron chi connectivity index (χ0n) is 26.8. The number of fused-ring (bicyclic) bond motifs is 7. The monoisotopic (exact) mass is 630 g/mol. The lowest BCUT2D eigenvalue weighted by Crippen LogP contribution is -2.64. The number of aliphatic hydroxyl groups is 6. The van der Waals surface area contributed by atoms with Crippen LogP contribution in [0.1, 0.15) is 78.2 Å². The summed E-state index contributed by atoms with van der Waals surface area (Å²) < 4.78 is 6.47. The zero-order valence-corrected chi connectivity index (χ0v) is 26.8. The van der Waals surface area contributed by atoms with Gasteiger partial charge in [0.05, 0.1) is 30.0 Å². The van der Waals surface area contributed by atoms with E-state index in [1.165, 1.54) is 18.2 Å². The van der Waals surface area contributed by atoms with Gasteiger partial charge in [-0.05, 0) is 71.8 Å². The molecule has 3 saturated carbocycles. The molecule has 1 saturated heterocycles. The van der Waals surface area contributed by atoms with Crippen LogP contribution in [0.3, 0.4) is 0 Å². The average Bonchev–Trinajstić information content (AvgIpc) is 3.36. The lowest BCUT2D eigenvalue weighted by molar-refractivity contribution is -0.185. The third-order valence-corrected chi connectivity index (χ3v) is 13.3. The van der Waals surface area contributed by atoms with Crippen molar-refractivity contribution in [3.05, 3.63) is 35.4 Å². The van der Waals surface area contributed by atoms with Gasteiger partial charge in [0, 0.05) is 48.7 Å². The number of rotatable bonds is 6. The first-order chi connectivity index (χ1) is 20.9. The van der Waals surface area contributed by atoms with Crippen LogP contribution in [-0.4, -0.2) is 95.0 Å². The maximum Gasteiger partial charge on any atom is 0.160 e. The predicted octanol–water partition coefficient (Wildman–Crippen LogP) is 2.14. The fraction of sp³-hybridized carbons (Fsp3) is 0.743. The predicted molar refractivity (Wildman–Crippen MR) is 163 cm³/mol. The number of ether oxygens (including phenoxy) is 1. The number of benzene rings is 1. The summed E-state index contributed by atoms with van der Waals surface area (Å²) >= 11 is 0. The number of phenols is 2. The minimum Gasteiger partial charge on any atom is -0.508 e. The van der Waals surface area contributed by atoms with Crippen LogP contribution in [0.5, 0.6) is 11.5 Å². The van der Waals surface area contributed by atoms with Gasteiger partial charge in [0.15, 0.2) is 5.78 Å². The summed E-state index contributed by atoms with van der Waals surface area (Å²) in [5.41, 5.74) is -4.11. The molecular formula is C35H50O10. The molecule has 6 rings (SSSR count). The van der Waals surface area contributed by atoms with E-state index >= 15 is 0 Å². The van der Waals surface area contributed by atoms with Crippen molar-refractivity contribution in [1.82, 2.24) is 0 Å². The van der Waals surface area contributed by atoms with E-state index < -0.39 is 70.3 Å². The van der Waals surface area contributed by atoms with Crippen LogP contribution in [0, 0.1) is 40.4 Å². The summed E-state index contributed by atoms with van der Waals surface area (Å²) in [5, 5.41) is 89.5. The lowest BCUT2D eigenvalue weighted by atomic mass is 9.43. The summed E-state index contributed by atoms with van der Waals surface area (Å²) in [7, 11) is 0. The summed E-state index contributed by atoms with van der Waals surface area (Å²) in [6.07, 6.45) is -2.41. The molecule has 8 N–H and O–H groups in total. The summed E-state index contributed by atoms with van der Waals surface area (Å²) in [6.45, 7) is 9.39. The summed E-state index contributed by atoms with van der Waals surface area (Å²) in [6, 6.07) is 3.95. The zero-order chi connectivity index (χ0) is 33.0. The molecule has 0 amide bonds. The Balaban J connectivity index is 1.42. The number of aromatic hydroxyl groups is 2. The molecule has 0 bridgehead atoms. The van der Waals surface area contributed by atoms with Crippen molar-refractivity contribution < 1.29 is 50.4 Å². The van der Waals surface area contributed by atoms with Crippen molar-refractivity contribution in [1.29, 1.82) is 0 Å². The topological polar surface area (TPSA) is 188 Å². The minimum atomic E-state index is -1.62. The molecule has 1 aromatic carbocycles. The molecule has 4 fully saturated rings. The first-order valence-corrected chi connectivity index (χ1v) is 16.5. The molecule has 45 heavy (non-hydrogen) atoms. The van der Waals surface area contributed by atoms with Crippen LogP contribution in [0.15, 0.2) is 29.8 Å². The highest BCUT2D eigenvalue weighted by Crippen LogP contribution is 2.72. The smallest absolute Gasteiger partial charge is 0.160 e. The van der Waals surface area contributed by atoms with Crippen LogP contribution in [0.4, 0.5) is 0 Å². The Morgan fingerprint density at radius 1 is 1.02 bits per heavy atom. The second-order valence-electron chi connectivity index (χ2n) is 15.8. The standard InChI is InChI=1S/C35H50O10/c1-16(2)17(3)28(41)31-34(43,8-9-36)30-25(45-31)15-35(44)22-13-23(39)27-26(18-10-19(37)12-20(38)11-18)29(42)24(40)14-32(27,4)21(22)6-7-33(30,35)5/h10-13,16-17,21,24-31,36-38,40-44H,6-9,14-15H2,1-5H3/t17-,21-,24-,25-,26+,27+,28-,29-,30-,31-,32+,33+,34+,35+/m0/s1. The third-order valence-electron chi connectivity index (χ3n) is 13.3. The van der Waals surface area contributed by atoms with Crippen molar-refractivity contribution >= 4 is 5.78 Å². The average molecular weight is 631 g/mol. The number of allylic oxidation sites excluding steroid dienone is 1. The van der Waals surface area contributed by atoms with Crippen LogP contribution < -0.4 is 0 Å². The van der Waals surface area contributed by atoms with Gasteiger partial charge in [-0.2, -0.15) is 0 Å². The molecular weight excluding hydrogens is 580 g/mol. The van der Waals surface area contributed by atoms with E-state index in [1.807, 2.05) is 34.6 Å².